The fourth-order valence-electron chi connectivity index (χ4n) is 3.96. The van der Waals surface area contributed by atoms with Crippen LogP contribution in [0.1, 0.15) is 17.5 Å². The Bertz CT molecular complexity index is 1250. The SMILES string of the molecule is COc1ccc(NS(=O)(=O)c2ccccc2)cc1N1CCCN(Cc2cccc(C)c2)C1=O. The zero-order valence-corrected chi connectivity index (χ0v) is 19.5. The standard InChI is InChI=1S/C25H27N3O4S/c1-19-8-6-9-20(16-19)18-27-14-7-15-28(25(27)29)23-17-21(12-13-24(23)32-2)26-33(30,31)22-10-4-3-5-11-22/h3-6,8-13,16-17,26H,7,14-15,18H2,1-2H3. The van der Waals surface area contributed by atoms with E-state index in [1.165, 1.54) is 19.2 Å². The van der Waals surface area contributed by atoms with Crippen LogP contribution in [0, 0.1) is 6.92 Å². The number of anilines is 2. The molecule has 3 aromatic carbocycles. The van der Waals surface area contributed by atoms with E-state index in [0.717, 1.165) is 17.5 Å². The summed E-state index contributed by atoms with van der Waals surface area (Å²) in [5.41, 5.74) is 3.11. The molecule has 1 heterocycles. The van der Waals surface area contributed by atoms with Gasteiger partial charge in [0.2, 0.25) is 0 Å². The smallest absolute Gasteiger partial charge is 0.324 e. The Kier molecular flexibility index (Phi) is 6.55. The third kappa shape index (κ3) is 5.12. The van der Waals surface area contributed by atoms with Gasteiger partial charge in [0.25, 0.3) is 10.0 Å². The maximum Gasteiger partial charge on any atom is 0.324 e. The molecule has 1 saturated heterocycles. The number of urea groups is 1. The van der Waals surface area contributed by atoms with E-state index in [4.69, 9.17) is 4.74 Å². The average Bonchev–Trinajstić information content (AvgIpc) is 2.81. The molecule has 0 atom stereocenters. The number of carbonyl (C=O) groups excluding carboxylic acids is 1. The van der Waals surface area contributed by atoms with Gasteiger partial charge in [0.05, 0.1) is 23.4 Å². The van der Waals surface area contributed by atoms with E-state index in [1.807, 2.05) is 25.1 Å². The van der Waals surface area contributed by atoms with Crippen molar-refractivity contribution in [2.24, 2.45) is 0 Å². The fourth-order valence-corrected chi connectivity index (χ4v) is 5.03. The van der Waals surface area contributed by atoms with Crippen LogP contribution in [0.3, 0.4) is 0 Å². The number of amides is 2. The molecule has 1 N–H and O–H groups in total. The molecule has 7 nitrogen and oxygen atoms in total. The van der Waals surface area contributed by atoms with Gasteiger partial charge in [0, 0.05) is 19.6 Å². The molecular formula is C25H27N3O4S. The second-order valence-electron chi connectivity index (χ2n) is 8.00. The van der Waals surface area contributed by atoms with Crippen LogP contribution in [0.5, 0.6) is 5.75 Å². The van der Waals surface area contributed by atoms with Gasteiger partial charge in [0.15, 0.2) is 0 Å². The minimum Gasteiger partial charge on any atom is -0.495 e. The summed E-state index contributed by atoms with van der Waals surface area (Å²) in [6.45, 7) is 3.72. The van der Waals surface area contributed by atoms with Gasteiger partial charge in [-0.3, -0.25) is 9.62 Å². The first-order chi connectivity index (χ1) is 15.9. The van der Waals surface area contributed by atoms with Crippen LogP contribution in [-0.2, 0) is 16.6 Å². The molecule has 0 bridgehead atoms. The minimum absolute atomic E-state index is 0.135. The molecule has 0 unspecified atom stereocenters. The molecule has 8 heteroatoms. The van der Waals surface area contributed by atoms with E-state index in [-0.39, 0.29) is 10.9 Å². The summed E-state index contributed by atoms with van der Waals surface area (Å²) in [6.07, 6.45) is 0.792. The molecule has 172 valence electrons. The first-order valence-corrected chi connectivity index (χ1v) is 12.2. The number of nitrogens with zero attached hydrogens (tertiary/aromatic N) is 2. The van der Waals surface area contributed by atoms with Crippen molar-refractivity contribution in [3.05, 3.63) is 83.9 Å². The molecule has 33 heavy (non-hydrogen) atoms. The number of rotatable bonds is 7. The van der Waals surface area contributed by atoms with Crippen molar-refractivity contribution in [2.75, 3.05) is 29.8 Å². The number of hydrogen-bond donors (Lipinski definition) is 1. The summed E-state index contributed by atoms with van der Waals surface area (Å²) >= 11 is 0. The second kappa shape index (κ2) is 9.54. The Morgan fingerprint density at radius 2 is 1.76 bits per heavy atom. The van der Waals surface area contributed by atoms with Gasteiger partial charge in [-0.05, 0) is 49.2 Å². The Hall–Kier alpha value is -3.52. The summed E-state index contributed by atoms with van der Waals surface area (Å²) in [5, 5.41) is 0. The van der Waals surface area contributed by atoms with Crippen LogP contribution in [0.2, 0.25) is 0 Å². The third-order valence-corrected chi connectivity index (χ3v) is 6.94. The van der Waals surface area contributed by atoms with Gasteiger partial charge in [-0.15, -0.1) is 0 Å². The van der Waals surface area contributed by atoms with Gasteiger partial charge in [-0.25, -0.2) is 13.2 Å². The number of nitrogens with one attached hydrogen (secondary N) is 1. The largest absolute Gasteiger partial charge is 0.495 e. The van der Waals surface area contributed by atoms with Crippen molar-refractivity contribution in [3.8, 4) is 5.75 Å². The van der Waals surface area contributed by atoms with Crippen molar-refractivity contribution in [3.63, 3.8) is 0 Å². The summed E-state index contributed by atoms with van der Waals surface area (Å²) in [4.78, 5) is 17.0. The maximum atomic E-state index is 13.4. The second-order valence-corrected chi connectivity index (χ2v) is 9.69. The van der Waals surface area contributed by atoms with Gasteiger partial charge in [-0.1, -0.05) is 48.0 Å². The van der Waals surface area contributed by atoms with Gasteiger partial charge < -0.3 is 9.64 Å². The zero-order valence-electron chi connectivity index (χ0n) is 18.7. The summed E-state index contributed by atoms with van der Waals surface area (Å²) < 4.78 is 33.6. The van der Waals surface area contributed by atoms with E-state index in [2.05, 4.69) is 10.8 Å². The number of hydrogen-bond acceptors (Lipinski definition) is 4. The molecule has 1 aliphatic rings. The Balaban J connectivity index is 1.60. The Labute approximate surface area is 194 Å². The number of carbonyl (C=O) groups is 1. The lowest BCUT2D eigenvalue weighted by Gasteiger charge is -2.36. The first kappa shape index (κ1) is 22.7. The monoisotopic (exact) mass is 465 g/mol. The highest BCUT2D eigenvalue weighted by atomic mass is 32.2. The van der Waals surface area contributed by atoms with E-state index >= 15 is 0 Å². The summed E-state index contributed by atoms with van der Waals surface area (Å²) in [5.74, 6) is 0.503. The van der Waals surface area contributed by atoms with E-state index in [1.54, 1.807) is 46.2 Å². The van der Waals surface area contributed by atoms with Crippen LogP contribution < -0.4 is 14.4 Å². The van der Waals surface area contributed by atoms with Crippen molar-refractivity contribution in [2.45, 2.75) is 24.8 Å². The van der Waals surface area contributed by atoms with E-state index in [9.17, 15) is 13.2 Å². The lowest BCUT2D eigenvalue weighted by atomic mass is 10.1. The highest BCUT2D eigenvalue weighted by molar-refractivity contribution is 7.92. The number of ether oxygens (including phenoxy) is 1. The van der Waals surface area contributed by atoms with Gasteiger partial charge >= 0.3 is 6.03 Å². The molecule has 2 amide bonds. The topological polar surface area (TPSA) is 79.0 Å². The van der Waals surface area contributed by atoms with Crippen LogP contribution in [0.25, 0.3) is 0 Å². The highest BCUT2D eigenvalue weighted by Gasteiger charge is 2.29. The lowest BCUT2D eigenvalue weighted by molar-refractivity contribution is 0.192. The predicted octanol–water partition coefficient (Wildman–Crippen LogP) is 4.64. The van der Waals surface area contributed by atoms with Crippen LogP contribution in [-0.4, -0.2) is 39.5 Å². The zero-order chi connectivity index (χ0) is 23.4. The number of benzene rings is 3. The minimum atomic E-state index is -3.75. The molecule has 4 rings (SSSR count). The first-order valence-electron chi connectivity index (χ1n) is 10.8. The van der Waals surface area contributed by atoms with Crippen LogP contribution >= 0.6 is 0 Å². The van der Waals surface area contributed by atoms with Crippen molar-refractivity contribution in [1.82, 2.24) is 4.90 Å². The molecule has 0 aliphatic carbocycles. The van der Waals surface area contributed by atoms with Crippen LogP contribution in [0.4, 0.5) is 16.2 Å². The molecule has 3 aromatic rings. The maximum absolute atomic E-state index is 13.4. The number of aryl methyl sites for hydroxylation is 1. The highest BCUT2D eigenvalue weighted by Crippen LogP contribution is 2.34. The van der Waals surface area contributed by atoms with E-state index in [0.29, 0.717) is 36.8 Å². The van der Waals surface area contributed by atoms with Crippen LogP contribution in [0.15, 0.2) is 77.7 Å². The predicted molar refractivity (Wildman–Crippen MR) is 129 cm³/mol. The molecule has 1 fully saturated rings. The molecule has 0 spiro atoms. The van der Waals surface area contributed by atoms with Gasteiger partial charge in [0.1, 0.15) is 5.75 Å². The normalized spacial score (nSPS) is 14.3. The quantitative estimate of drug-likeness (QED) is 0.552. The van der Waals surface area contributed by atoms with E-state index < -0.39 is 10.0 Å². The average molecular weight is 466 g/mol. The number of sulfonamides is 1. The number of methoxy groups -OCH3 is 1. The summed E-state index contributed by atoms with van der Waals surface area (Å²) in [6, 6.07) is 21.1. The van der Waals surface area contributed by atoms with Gasteiger partial charge in [-0.2, -0.15) is 0 Å². The summed E-state index contributed by atoms with van der Waals surface area (Å²) in [7, 11) is -2.22. The Morgan fingerprint density at radius 1 is 0.970 bits per heavy atom. The van der Waals surface area contributed by atoms with Crippen molar-refractivity contribution >= 4 is 27.4 Å². The van der Waals surface area contributed by atoms with Crippen molar-refractivity contribution < 1.29 is 17.9 Å². The lowest BCUT2D eigenvalue weighted by Crippen LogP contribution is -2.49. The Morgan fingerprint density at radius 3 is 2.48 bits per heavy atom. The third-order valence-electron chi connectivity index (χ3n) is 5.54. The fraction of sp³-hybridized carbons (Fsp3) is 0.240. The molecule has 0 saturated carbocycles. The molecule has 0 aromatic heterocycles. The van der Waals surface area contributed by atoms with Crippen molar-refractivity contribution in [1.29, 1.82) is 0 Å². The molecule has 0 radical (unpaired) electrons. The molecular weight excluding hydrogens is 438 g/mol. The molecule has 1 aliphatic heterocycles.